The molecule has 0 heterocycles. The van der Waals surface area contributed by atoms with Gasteiger partial charge in [0.25, 0.3) is 0 Å². The number of hydrogen-bond acceptors (Lipinski definition) is 1. The molecule has 0 saturated carbocycles. The summed E-state index contributed by atoms with van der Waals surface area (Å²) in [5.41, 5.74) is 8.83. The maximum atomic E-state index is 13.2. The molecule has 2 aromatic rings. The van der Waals surface area contributed by atoms with E-state index in [1.807, 2.05) is 24.3 Å². The summed E-state index contributed by atoms with van der Waals surface area (Å²) in [6.07, 6.45) is 0. The normalized spacial score (nSPS) is 13.3. The lowest BCUT2D eigenvalue weighted by Crippen LogP contribution is -2.14. The third-order valence-electron chi connectivity index (χ3n) is 3.44. The Bertz CT molecular complexity index is 597. The summed E-state index contributed by atoms with van der Waals surface area (Å²) >= 11 is 0. The van der Waals surface area contributed by atoms with E-state index in [0.29, 0.717) is 5.56 Å². The van der Waals surface area contributed by atoms with E-state index in [2.05, 4.69) is 20.8 Å². The van der Waals surface area contributed by atoms with Crippen LogP contribution in [0, 0.1) is 11.6 Å². The van der Waals surface area contributed by atoms with Gasteiger partial charge < -0.3 is 5.73 Å². The molecular formula is C17H19F2N. The van der Waals surface area contributed by atoms with E-state index in [1.165, 1.54) is 11.6 Å². The largest absolute Gasteiger partial charge is 0.320 e. The second-order valence-corrected chi connectivity index (χ2v) is 6.02. The summed E-state index contributed by atoms with van der Waals surface area (Å²) in [5, 5.41) is 0. The highest BCUT2D eigenvalue weighted by molar-refractivity contribution is 5.35. The van der Waals surface area contributed by atoms with Crippen LogP contribution in [0.15, 0.2) is 42.5 Å². The lowest BCUT2D eigenvalue weighted by Gasteiger charge is -2.20. The zero-order chi connectivity index (χ0) is 14.9. The topological polar surface area (TPSA) is 26.0 Å². The van der Waals surface area contributed by atoms with Gasteiger partial charge in [-0.3, -0.25) is 0 Å². The van der Waals surface area contributed by atoms with Crippen molar-refractivity contribution < 1.29 is 8.78 Å². The maximum Gasteiger partial charge on any atom is 0.159 e. The molecule has 0 aliphatic rings. The quantitative estimate of drug-likeness (QED) is 0.868. The Kier molecular flexibility index (Phi) is 3.91. The van der Waals surface area contributed by atoms with Crippen LogP contribution in [0.5, 0.6) is 0 Å². The fourth-order valence-electron chi connectivity index (χ4n) is 2.09. The van der Waals surface area contributed by atoms with Crippen molar-refractivity contribution in [3.8, 4) is 0 Å². The molecule has 106 valence electrons. The van der Waals surface area contributed by atoms with E-state index in [-0.39, 0.29) is 5.41 Å². The van der Waals surface area contributed by atoms with Crippen LogP contribution in [0.4, 0.5) is 8.78 Å². The second kappa shape index (κ2) is 5.33. The monoisotopic (exact) mass is 275 g/mol. The number of halogens is 2. The molecule has 2 N–H and O–H groups in total. The molecule has 3 heteroatoms. The van der Waals surface area contributed by atoms with E-state index >= 15 is 0 Å². The first-order valence-corrected chi connectivity index (χ1v) is 6.60. The van der Waals surface area contributed by atoms with E-state index in [4.69, 9.17) is 5.73 Å². The van der Waals surface area contributed by atoms with Gasteiger partial charge >= 0.3 is 0 Å². The molecule has 2 aromatic carbocycles. The number of benzene rings is 2. The number of nitrogens with two attached hydrogens (primary N) is 1. The molecule has 0 aromatic heterocycles. The molecular weight excluding hydrogens is 256 g/mol. The Balaban J connectivity index is 2.29. The van der Waals surface area contributed by atoms with Crippen molar-refractivity contribution in [2.45, 2.75) is 32.2 Å². The van der Waals surface area contributed by atoms with Gasteiger partial charge in [-0.15, -0.1) is 0 Å². The zero-order valence-electron chi connectivity index (χ0n) is 12.0. The minimum absolute atomic E-state index is 0.0740. The smallest absolute Gasteiger partial charge is 0.159 e. The third kappa shape index (κ3) is 3.05. The van der Waals surface area contributed by atoms with Crippen molar-refractivity contribution >= 4 is 0 Å². The van der Waals surface area contributed by atoms with Crippen molar-refractivity contribution in [2.75, 3.05) is 0 Å². The van der Waals surface area contributed by atoms with Crippen molar-refractivity contribution in [1.29, 1.82) is 0 Å². The first kappa shape index (κ1) is 14.7. The molecule has 2 rings (SSSR count). The lowest BCUT2D eigenvalue weighted by atomic mass is 9.86. The van der Waals surface area contributed by atoms with E-state index < -0.39 is 17.7 Å². The molecule has 1 atom stereocenters. The summed E-state index contributed by atoms with van der Waals surface area (Å²) < 4.78 is 26.2. The minimum Gasteiger partial charge on any atom is -0.320 e. The number of rotatable bonds is 2. The summed E-state index contributed by atoms with van der Waals surface area (Å²) in [6, 6.07) is 11.2. The Morgan fingerprint density at radius 1 is 0.850 bits per heavy atom. The Morgan fingerprint density at radius 3 is 1.90 bits per heavy atom. The highest BCUT2D eigenvalue weighted by Gasteiger charge is 2.15. The van der Waals surface area contributed by atoms with E-state index in [9.17, 15) is 8.78 Å². The summed E-state index contributed by atoms with van der Waals surface area (Å²) in [5.74, 6) is -1.73. The third-order valence-corrected chi connectivity index (χ3v) is 3.44. The first-order valence-electron chi connectivity index (χ1n) is 6.60. The Hall–Kier alpha value is -1.74. The molecule has 0 fully saturated rings. The molecule has 0 aliphatic carbocycles. The van der Waals surface area contributed by atoms with Crippen molar-refractivity contribution in [3.05, 3.63) is 70.8 Å². The van der Waals surface area contributed by atoms with Crippen LogP contribution in [-0.4, -0.2) is 0 Å². The van der Waals surface area contributed by atoms with Gasteiger partial charge in [0.05, 0.1) is 6.04 Å². The maximum absolute atomic E-state index is 13.2. The highest BCUT2D eigenvalue weighted by atomic mass is 19.2. The molecule has 1 unspecified atom stereocenters. The van der Waals surface area contributed by atoms with Gasteiger partial charge in [-0.1, -0.05) is 51.1 Å². The van der Waals surface area contributed by atoms with Gasteiger partial charge in [0, 0.05) is 0 Å². The van der Waals surface area contributed by atoms with Crippen LogP contribution < -0.4 is 5.73 Å². The highest BCUT2D eigenvalue weighted by Crippen LogP contribution is 2.26. The van der Waals surface area contributed by atoms with Gasteiger partial charge in [0.1, 0.15) is 0 Å². The average molecular weight is 275 g/mol. The molecule has 20 heavy (non-hydrogen) atoms. The lowest BCUT2D eigenvalue weighted by molar-refractivity contribution is 0.506. The van der Waals surface area contributed by atoms with Crippen molar-refractivity contribution in [2.24, 2.45) is 5.73 Å². The van der Waals surface area contributed by atoms with E-state index in [1.54, 1.807) is 0 Å². The fraction of sp³-hybridized carbons (Fsp3) is 0.294. The van der Waals surface area contributed by atoms with Crippen LogP contribution in [0.2, 0.25) is 0 Å². The van der Waals surface area contributed by atoms with Gasteiger partial charge in [-0.05, 0) is 34.2 Å². The number of hydrogen-bond donors (Lipinski definition) is 1. The molecule has 0 bridgehead atoms. The molecule has 0 spiro atoms. The minimum atomic E-state index is -0.871. The Morgan fingerprint density at radius 2 is 1.40 bits per heavy atom. The summed E-state index contributed by atoms with van der Waals surface area (Å²) in [4.78, 5) is 0. The molecule has 1 nitrogen and oxygen atoms in total. The van der Waals surface area contributed by atoms with Crippen LogP contribution in [0.25, 0.3) is 0 Å². The van der Waals surface area contributed by atoms with Gasteiger partial charge in [-0.25, -0.2) is 8.78 Å². The molecule has 0 saturated heterocycles. The Labute approximate surface area is 118 Å². The average Bonchev–Trinajstić information content (AvgIpc) is 2.40. The van der Waals surface area contributed by atoms with Crippen LogP contribution in [0.1, 0.15) is 43.5 Å². The van der Waals surface area contributed by atoms with Crippen molar-refractivity contribution in [1.82, 2.24) is 0 Å². The van der Waals surface area contributed by atoms with Crippen LogP contribution >= 0.6 is 0 Å². The summed E-state index contributed by atoms with van der Waals surface area (Å²) in [6.45, 7) is 6.41. The van der Waals surface area contributed by atoms with Crippen LogP contribution in [0.3, 0.4) is 0 Å². The standard InChI is InChI=1S/C17H19F2N/c1-17(2,3)13-7-4-11(5-8-13)16(20)12-6-9-14(18)15(19)10-12/h4-10,16H,20H2,1-3H3. The predicted octanol–water partition coefficient (Wildman–Crippen LogP) is 4.31. The molecule has 0 amide bonds. The van der Waals surface area contributed by atoms with Crippen molar-refractivity contribution in [3.63, 3.8) is 0 Å². The molecule has 0 aliphatic heterocycles. The first-order chi connectivity index (χ1) is 9.29. The SMILES string of the molecule is CC(C)(C)c1ccc(C(N)c2ccc(F)c(F)c2)cc1. The van der Waals surface area contributed by atoms with Gasteiger partial charge in [0.2, 0.25) is 0 Å². The van der Waals surface area contributed by atoms with Crippen LogP contribution in [-0.2, 0) is 5.41 Å². The van der Waals surface area contributed by atoms with E-state index in [0.717, 1.165) is 17.7 Å². The predicted molar refractivity (Wildman–Crippen MR) is 77.5 cm³/mol. The molecule has 0 radical (unpaired) electrons. The van der Waals surface area contributed by atoms with Gasteiger partial charge in [0.15, 0.2) is 11.6 Å². The second-order valence-electron chi connectivity index (χ2n) is 6.02. The zero-order valence-corrected chi connectivity index (χ0v) is 12.0. The summed E-state index contributed by atoms with van der Waals surface area (Å²) in [7, 11) is 0. The fourth-order valence-corrected chi connectivity index (χ4v) is 2.09. The van der Waals surface area contributed by atoms with Gasteiger partial charge in [-0.2, -0.15) is 0 Å².